The standard InChI is InChI=1S/C28H44N4O8/c1-10-11-16(20(35)23(37)29-13-17(33)34)30-22(36)19-18-15(12-28(18,8)9)14-32(19)24(38)21(26(2,3)4)31-25(39)40-27(5,6)7/h10,15-16,18-19,21H,1,11-14H2,2-9H3,(H,29,37)(H,30,36)(H,31,39)(H,33,34)/t15-,16?,18-,19-,21-/m0/s1. The number of fused-ring (bicyclic) bond motifs is 1. The molecule has 224 valence electrons. The minimum absolute atomic E-state index is 0.0456. The number of amides is 4. The van der Waals surface area contributed by atoms with E-state index in [9.17, 15) is 28.8 Å². The van der Waals surface area contributed by atoms with E-state index in [-0.39, 0.29) is 23.7 Å². The lowest BCUT2D eigenvalue weighted by Crippen LogP contribution is -2.61. The number of carbonyl (C=O) groups excluding carboxylic acids is 5. The summed E-state index contributed by atoms with van der Waals surface area (Å²) < 4.78 is 5.38. The molecule has 2 fully saturated rings. The molecule has 2 aliphatic rings. The van der Waals surface area contributed by atoms with E-state index >= 15 is 0 Å². The maximum Gasteiger partial charge on any atom is 0.408 e. The van der Waals surface area contributed by atoms with Crippen LogP contribution in [0.5, 0.6) is 0 Å². The van der Waals surface area contributed by atoms with Crippen molar-refractivity contribution in [1.82, 2.24) is 20.9 Å². The maximum atomic E-state index is 14.0. The van der Waals surface area contributed by atoms with Crippen LogP contribution in [0.4, 0.5) is 4.79 Å². The highest BCUT2D eigenvalue weighted by Crippen LogP contribution is 2.57. The van der Waals surface area contributed by atoms with Gasteiger partial charge < -0.3 is 30.7 Å². The molecule has 1 heterocycles. The molecule has 0 spiro atoms. The van der Waals surface area contributed by atoms with Gasteiger partial charge >= 0.3 is 12.1 Å². The fourth-order valence-electron chi connectivity index (χ4n) is 5.67. The number of rotatable bonds is 10. The third-order valence-corrected chi connectivity index (χ3v) is 7.29. The fourth-order valence-corrected chi connectivity index (χ4v) is 5.67. The Labute approximate surface area is 235 Å². The van der Waals surface area contributed by atoms with Gasteiger partial charge in [-0.3, -0.25) is 24.0 Å². The van der Waals surface area contributed by atoms with Gasteiger partial charge in [0.1, 0.15) is 30.3 Å². The van der Waals surface area contributed by atoms with Crippen LogP contribution < -0.4 is 16.0 Å². The molecule has 12 nitrogen and oxygen atoms in total. The second-order valence-corrected chi connectivity index (χ2v) is 13.4. The zero-order valence-corrected chi connectivity index (χ0v) is 24.8. The summed E-state index contributed by atoms with van der Waals surface area (Å²) in [5, 5.41) is 16.1. The summed E-state index contributed by atoms with van der Waals surface area (Å²) in [7, 11) is 0. The molecule has 1 aliphatic carbocycles. The van der Waals surface area contributed by atoms with E-state index in [2.05, 4.69) is 17.2 Å². The highest BCUT2D eigenvalue weighted by atomic mass is 16.6. The molecular formula is C28H44N4O8. The van der Waals surface area contributed by atoms with Gasteiger partial charge in [-0.25, -0.2) is 4.79 Å². The van der Waals surface area contributed by atoms with Crippen LogP contribution in [0, 0.1) is 22.7 Å². The molecule has 0 bridgehead atoms. The molecule has 1 aliphatic heterocycles. The molecule has 4 N–H and O–H groups in total. The second kappa shape index (κ2) is 12.0. The summed E-state index contributed by atoms with van der Waals surface area (Å²) in [6.45, 7) is 17.7. The van der Waals surface area contributed by atoms with Gasteiger partial charge in [0, 0.05) is 6.54 Å². The predicted molar refractivity (Wildman–Crippen MR) is 146 cm³/mol. The van der Waals surface area contributed by atoms with Crippen molar-refractivity contribution < 1.29 is 38.6 Å². The highest BCUT2D eigenvalue weighted by molar-refractivity contribution is 6.38. The number of carboxylic acids is 1. The summed E-state index contributed by atoms with van der Waals surface area (Å²) >= 11 is 0. The van der Waals surface area contributed by atoms with Crippen LogP contribution in [-0.4, -0.2) is 82.4 Å². The number of hydrogen-bond donors (Lipinski definition) is 4. The van der Waals surface area contributed by atoms with Gasteiger partial charge in [0.05, 0.1) is 0 Å². The molecule has 4 amide bonds. The Morgan fingerprint density at radius 2 is 1.68 bits per heavy atom. The van der Waals surface area contributed by atoms with Crippen LogP contribution in [0.15, 0.2) is 12.7 Å². The lowest BCUT2D eigenvalue weighted by atomic mass is 9.55. The van der Waals surface area contributed by atoms with Crippen molar-refractivity contribution in [1.29, 1.82) is 0 Å². The number of Topliss-reactive ketones (excluding diaryl/α,β-unsaturated/α-hetero) is 1. The Bertz CT molecular complexity index is 1060. The molecule has 5 atom stereocenters. The Balaban J connectivity index is 2.36. The first-order valence-electron chi connectivity index (χ1n) is 13.4. The zero-order valence-electron chi connectivity index (χ0n) is 24.8. The smallest absolute Gasteiger partial charge is 0.408 e. The van der Waals surface area contributed by atoms with Crippen molar-refractivity contribution in [2.75, 3.05) is 13.1 Å². The topological polar surface area (TPSA) is 171 Å². The first-order chi connectivity index (χ1) is 18.2. The number of alkyl carbamates (subject to hydrolysis) is 1. The summed E-state index contributed by atoms with van der Waals surface area (Å²) in [5.74, 6) is -4.71. The molecule has 0 radical (unpaired) electrons. The molecule has 1 saturated carbocycles. The van der Waals surface area contributed by atoms with Crippen LogP contribution >= 0.6 is 0 Å². The monoisotopic (exact) mass is 564 g/mol. The van der Waals surface area contributed by atoms with Crippen molar-refractivity contribution in [2.45, 2.75) is 92.0 Å². The summed E-state index contributed by atoms with van der Waals surface area (Å²) in [6, 6.07) is -3.25. The van der Waals surface area contributed by atoms with Crippen molar-refractivity contribution in [3.8, 4) is 0 Å². The number of ketones is 1. The predicted octanol–water partition coefficient (Wildman–Crippen LogP) is 1.63. The van der Waals surface area contributed by atoms with Crippen LogP contribution in [-0.2, 0) is 28.7 Å². The Kier molecular flexibility index (Phi) is 9.81. The van der Waals surface area contributed by atoms with E-state index in [0.717, 1.165) is 6.42 Å². The molecule has 0 aromatic heterocycles. The summed E-state index contributed by atoms with van der Waals surface area (Å²) in [6.07, 6.45) is 1.32. The van der Waals surface area contributed by atoms with Crippen LogP contribution in [0.1, 0.15) is 68.2 Å². The van der Waals surface area contributed by atoms with E-state index in [1.54, 1.807) is 41.5 Å². The number of ether oxygens (including phenoxy) is 1. The van der Waals surface area contributed by atoms with Gasteiger partial charge in [0.15, 0.2) is 0 Å². The van der Waals surface area contributed by atoms with E-state index in [4.69, 9.17) is 9.84 Å². The second-order valence-electron chi connectivity index (χ2n) is 13.4. The normalized spacial score (nSPS) is 23.0. The first-order valence-corrected chi connectivity index (χ1v) is 13.4. The number of nitrogens with zero attached hydrogens (tertiary/aromatic N) is 1. The van der Waals surface area contributed by atoms with Crippen molar-refractivity contribution in [2.24, 2.45) is 22.7 Å². The van der Waals surface area contributed by atoms with Gasteiger partial charge in [-0.05, 0) is 56.3 Å². The zero-order chi connectivity index (χ0) is 30.8. The average molecular weight is 565 g/mol. The number of carbonyl (C=O) groups is 6. The van der Waals surface area contributed by atoms with E-state index < -0.39 is 71.3 Å². The highest BCUT2D eigenvalue weighted by Gasteiger charge is 2.61. The van der Waals surface area contributed by atoms with Crippen LogP contribution in [0.25, 0.3) is 0 Å². The van der Waals surface area contributed by atoms with Gasteiger partial charge in [0.25, 0.3) is 5.91 Å². The van der Waals surface area contributed by atoms with Gasteiger partial charge in [-0.2, -0.15) is 0 Å². The fraction of sp³-hybridized carbons (Fsp3) is 0.714. The molecule has 2 rings (SSSR count). The van der Waals surface area contributed by atoms with Crippen LogP contribution in [0.2, 0.25) is 0 Å². The Hall–Kier alpha value is -3.44. The van der Waals surface area contributed by atoms with E-state index in [1.807, 2.05) is 19.2 Å². The molecule has 40 heavy (non-hydrogen) atoms. The van der Waals surface area contributed by atoms with Crippen molar-refractivity contribution in [3.63, 3.8) is 0 Å². The first kappa shape index (κ1) is 32.8. The molecule has 0 aromatic rings. The quantitative estimate of drug-likeness (QED) is 0.229. The van der Waals surface area contributed by atoms with E-state index in [0.29, 0.717) is 6.54 Å². The van der Waals surface area contributed by atoms with Crippen LogP contribution in [0.3, 0.4) is 0 Å². The molecule has 12 heteroatoms. The number of likely N-dealkylation sites (tertiary alicyclic amines) is 1. The molecular weight excluding hydrogens is 520 g/mol. The maximum absolute atomic E-state index is 14.0. The van der Waals surface area contributed by atoms with E-state index in [1.165, 1.54) is 11.0 Å². The van der Waals surface area contributed by atoms with Gasteiger partial charge in [-0.1, -0.05) is 40.7 Å². The molecule has 1 saturated heterocycles. The number of hydrogen-bond acceptors (Lipinski definition) is 7. The SMILES string of the molecule is C=CCC(NC(=O)[C@@H]1[C@@H]2[C@H](CN1C(=O)[C@H](NC(=O)OC(C)(C)C)C(C)(C)C)CC2(C)C)C(=O)C(=O)NCC(=O)O. The lowest BCUT2D eigenvalue weighted by molar-refractivity contribution is -0.146. The Morgan fingerprint density at radius 1 is 1.07 bits per heavy atom. The lowest BCUT2D eigenvalue weighted by Gasteiger charge is -2.49. The number of carboxylic acid groups (broad SMARTS) is 1. The van der Waals surface area contributed by atoms with Gasteiger partial charge in [-0.15, -0.1) is 6.58 Å². The summed E-state index contributed by atoms with van der Waals surface area (Å²) in [5.41, 5.74) is -1.78. The third kappa shape index (κ3) is 7.82. The molecule has 0 aromatic carbocycles. The Morgan fingerprint density at radius 3 is 2.15 bits per heavy atom. The number of nitrogens with one attached hydrogen (secondary N) is 3. The summed E-state index contributed by atoms with van der Waals surface area (Å²) in [4.78, 5) is 77.7. The van der Waals surface area contributed by atoms with Gasteiger partial charge in [0.2, 0.25) is 17.6 Å². The van der Waals surface area contributed by atoms with Crippen molar-refractivity contribution >= 4 is 35.6 Å². The largest absolute Gasteiger partial charge is 0.480 e. The average Bonchev–Trinajstić information content (AvgIpc) is 3.13. The number of aliphatic carboxylic acids is 1. The molecule has 1 unspecified atom stereocenters. The third-order valence-electron chi connectivity index (χ3n) is 7.29. The van der Waals surface area contributed by atoms with Crippen molar-refractivity contribution in [3.05, 3.63) is 12.7 Å². The minimum atomic E-state index is -1.32. The minimum Gasteiger partial charge on any atom is -0.480 e.